The molecule has 3 N–H and O–H groups in total. The minimum absolute atomic E-state index is 0.144. The highest BCUT2D eigenvalue weighted by atomic mass is 16.3. The smallest absolute Gasteiger partial charge is 0.0502 e. The fourth-order valence-corrected chi connectivity index (χ4v) is 2.68. The highest BCUT2D eigenvalue weighted by molar-refractivity contribution is 5.03. The first-order chi connectivity index (χ1) is 4.77. The molecule has 3 atom stereocenters. The SMILES string of the molecule is NC1CC2CCC1(CO)C2. The van der Waals surface area contributed by atoms with Crippen LogP contribution in [0.1, 0.15) is 25.7 Å². The molecule has 0 aromatic carbocycles. The first-order valence-corrected chi connectivity index (χ1v) is 4.13. The molecule has 0 aliphatic heterocycles. The average Bonchev–Trinajstić information content (AvgIpc) is 2.44. The number of rotatable bonds is 1. The van der Waals surface area contributed by atoms with Crippen LogP contribution in [0.2, 0.25) is 0 Å². The predicted molar refractivity (Wildman–Crippen MR) is 39.5 cm³/mol. The number of fused-ring (bicyclic) bond motifs is 2. The molecule has 0 radical (unpaired) electrons. The Labute approximate surface area is 61.4 Å². The van der Waals surface area contributed by atoms with Gasteiger partial charge in [-0.05, 0) is 31.6 Å². The molecule has 2 fully saturated rings. The van der Waals surface area contributed by atoms with Gasteiger partial charge in [-0.15, -0.1) is 0 Å². The number of hydrogen-bond donors (Lipinski definition) is 2. The van der Waals surface area contributed by atoms with Crippen LogP contribution >= 0.6 is 0 Å². The molecule has 3 unspecified atom stereocenters. The fourth-order valence-electron chi connectivity index (χ4n) is 2.68. The van der Waals surface area contributed by atoms with Crippen LogP contribution in [-0.2, 0) is 0 Å². The van der Waals surface area contributed by atoms with E-state index in [9.17, 15) is 0 Å². The second-order valence-corrected chi connectivity index (χ2v) is 3.97. The van der Waals surface area contributed by atoms with Gasteiger partial charge in [-0.2, -0.15) is 0 Å². The van der Waals surface area contributed by atoms with Crippen LogP contribution in [0.15, 0.2) is 0 Å². The lowest BCUT2D eigenvalue weighted by molar-refractivity contribution is 0.115. The van der Waals surface area contributed by atoms with Crippen LogP contribution in [0.4, 0.5) is 0 Å². The van der Waals surface area contributed by atoms with Gasteiger partial charge in [0.15, 0.2) is 0 Å². The summed E-state index contributed by atoms with van der Waals surface area (Å²) in [4.78, 5) is 0. The fraction of sp³-hybridized carbons (Fsp3) is 1.00. The van der Waals surface area contributed by atoms with Crippen molar-refractivity contribution in [2.45, 2.75) is 31.7 Å². The number of nitrogens with two attached hydrogens (primary N) is 1. The third-order valence-electron chi connectivity index (χ3n) is 3.43. The zero-order valence-corrected chi connectivity index (χ0v) is 6.21. The summed E-state index contributed by atoms with van der Waals surface area (Å²) in [7, 11) is 0. The van der Waals surface area contributed by atoms with Gasteiger partial charge in [-0.3, -0.25) is 0 Å². The Hall–Kier alpha value is -0.0800. The van der Waals surface area contributed by atoms with Crippen LogP contribution in [0, 0.1) is 11.3 Å². The van der Waals surface area contributed by atoms with Crippen LogP contribution in [0.25, 0.3) is 0 Å². The van der Waals surface area contributed by atoms with Crippen molar-refractivity contribution < 1.29 is 5.11 Å². The summed E-state index contributed by atoms with van der Waals surface area (Å²) < 4.78 is 0. The summed E-state index contributed by atoms with van der Waals surface area (Å²) in [6, 6.07) is 0.288. The third kappa shape index (κ3) is 0.663. The summed E-state index contributed by atoms with van der Waals surface area (Å²) in [6.45, 7) is 0.310. The van der Waals surface area contributed by atoms with Crippen molar-refractivity contribution in [1.82, 2.24) is 0 Å². The van der Waals surface area contributed by atoms with E-state index >= 15 is 0 Å². The van der Waals surface area contributed by atoms with E-state index in [2.05, 4.69) is 0 Å². The molecule has 0 heterocycles. The molecule has 0 amide bonds. The van der Waals surface area contributed by atoms with Crippen LogP contribution < -0.4 is 5.73 Å². The van der Waals surface area contributed by atoms with E-state index in [0.29, 0.717) is 6.61 Å². The summed E-state index contributed by atoms with van der Waals surface area (Å²) >= 11 is 0. The first-order valence-electron chi connectivity index (χ1n) is 4.13. The van der Waals surface area contributed by atoms with Gasteiger partial charge in [0, 0.05) is 11.5 Å². The van der Waals surface area contributed by atoms with E-state index < -0.39 is 0 Å². The van der Waals surface area contributed by atoms with E-state index in [1.165, 1.54) is 12.8 Å². The van der Waals surface area contributed by atoms with Gasteiger partial charge in [-0.25, -0.2) is 0 Å². The van der Waals surface area contributed by atoms with Gasteiger partial charge in [0.25, 0.3) is 0 Å². The van der Waals surface area contributed by atoms with Gasteiger partial charge < -0.3 is 10.8 Å². The topological polar surface area (TPSA) is 46.2 Å². The van der Waals surface area contributed by atoms with Crippen LogP contribution in [-0.4, -0.2) is 17.8 Å². The molecule has 0 saturated heterocycles. The largest absolute Gasteiger partial charge is 0.396 e. The van der Waals surface area contributed by atoms with Crippen molar-refractivity contribution in [3.8, 4) is 0 Å². The van der Waals surface area contributed by atoms with Crippen molar-refractivity contribution in [3.05, 3.63) is 0 Å². The van der Waals surface area contributed by atoms with Gasteiger partial charge in [0.05, 0.1) is 6.61 Å². The van der Waals surface area contributed by atoms with Crippen molar-refractivity contribution in [2.24, 2.45) is 17.1 Å². The lowest BCUT2D eigenvalue weighted by Gasteiger charge is -2.30. The summed E-state index contributed by atoms with van der Waals surface area (Å²) in [5.41, 5.74) is 6.05. The molecule has 10 heavy (non-hydrogen) atoms. The molecular formula is C8H15NO. The summed E-state index contributed by atoms with van der Waals surface area (Å²) in [5.74, 6) is 0.835. The third-order valence-corrected chi connectivity index (χ3v) is 3.43. The Balaban J connectivity index is 2.19. The van der Waals surface area contributed by atoms with Gasteiger partial charge in [0.1, 0.15) is 0 Å². The van der Waals surface area contributed by atoms with Crippen LogP contribution in [0.3, 0.4) is 0 Å². The minimum atomic E-state index is 0.144. The highest BCUT2D eigenvalue weighted by Crippen LogP contribution is 2.52. The second kappa shape index (κ2) is 1.95. The number of aliphatic hydroxyl groups excluding tert-OH is 1. The summed E-state index contributed by atoms with van der Waals surface area (Å²) in [6.07, 6.45) is 4.80. The maximum atomic E-state index is 9.13. The minimum Gasteiger partial charge on any atom is -0.396 e. The van der Waals surface area contributed by atoms with E-state index in [1.54, 1.807) is 0 Å². The quantitative estimate of drug-likeness (QED) is 0.558. The van der Waals surface area contributed by atoms with Crippen LogP contribution in [0.5, 0.6) is 0 Å². The average molecular weight is 141 g/mol. The number of hydrogen-bond acceptors (Lipinski definition) is 2. The molecule has 2 saturated carbocycles. The lowest BCUT2D eigenvalue weighted by atomic mass is 9.81. The zero-order chi connectivity index (χ0) is 7.19. The zero-order valence-electron chi connectivity index (χ0n) is 6.21. The van der Waals surface area contributed by atoms with Crippen molar-refractivity contribution in [3.63, 3.8) is 0 Å². The number of aliphatic hydroxyl groups is 1. The van der Waals surface area contributed by atoms with E-state index in [-0.39, 0.29) is 11.5 Å². The Bertz CT molecular complexity index is 148. The monoisotopic (exact) mass is 141 g/mol. The van der Waals surface area contributed by atoms with Crippen molar-refractivity contribution >= 4 is 0 Å². The maximum absolute atomic E-state index is 9.13. The molecule has 2 aliphatic carbocycles. The lowest BCUT2D eigenvalue weighted by Crippen LogP contribution is -2.40. The molecule has 0 spiro atoms. The van der Waals surface area contributed by atoms with Crippen molar-refractivity contribution in [2.75, 3.05) is 6.61 Å². The molecule has 2 heteroatoms. The molecule has 58 valence electrons. The van der Waals surface area contributed by atoms with E-state index in [0.717, 1.165) is 18.8 Å². The molecule has 2 aliphatic rings. The molecule has 2 nitrogen and oxygen atoms in total. The van der Waals surface area contributed by atoms with Crippen molar-refractivity contribution in [1.29, 1.82) is 0 Å². The predicted octanol–water partition coefficient (Wildman–Crippen LogP) is 0.496. The standard InChI is InChI=1S/C8H15NO/c9-7-3-6-1-2-8(7,4-6)5-10/h6-7,10H,1-5,9H2. The Morgan fingerprint density at radius 1 is 1.60 bits per heavy atom. The molecule has 0 aromatic rings. The maximum Gasteiger partial charge on any atom is 0.0502 e. The van der Waals surface area contributed by atoms with Gasteiger partial charge in [-0.1, -0.05) is 0 Å². The normalized spacial score (nSPS) is 52.2. The Morgan fingerprint density at radius 2 is 2.40 bits per heavy atom. The van der Waals surface area contributed by atoms with Gasteiger partial charge in [0.2, 0.25) is 0 Å². The highest BCUT2D eigenvalue weighted by Gasteiger charge is 2.49. The van der Waals surface area contributed by atoms with Gasteiger partial charge >= 0.3 is 0 Å². The molecular weight excluding hydrogens is 126 g/mol. The summed E-state index contributed by atoms with van der Waals surface area (Å²) in [5, 5.41) is 9.13. The Kier molecular flexibility index (Phi) is 1.29. The Morgan fingerprint density at radius 3 is 2.70 bits per heavy atom. The molecule has 2 bridgehead atoms. The molecule has 2 rings (SSSR count). The molecule has 0 aromatic heterocycles. The van der Waals surface area contributed by atoms with E-state index in [4.69, 9.17) is 10.8 Å². The second-order valence-electron chi connectivity index (χ2n) is 3.97. The van der Waals surface area contributed by atoms with E-state index in [1.807, 2.05) is 0 Å². The first kappa shape index (κ1) is 6.62.